The molecule has 142 valence electrons. The van der Waals surface area contributed by atoms with Gasteiger partial charge >= 0.3 is 0 Å². The van der Waals surface area contributed by atoms with Gasteiger partial charge in [-0.2, -0.15) is 5.10 Å². The number of nitrogens with zero attached hydrogens (tertiary/aromatic N) is 4. The summed E-state index contributed by atoms with van der Waals surface area (Å²) in [6.45, 7) is 5.52. The van der Waals surface area contributed by atoms with Crippen molar-refractivity contribution in [3.05, 3.63) is 77.8 Å². The minimum absolute atomic E-state index is 0.712. The first-order valence-electron chi connectivity index (χ1n) is 9.02. The number of aryl methyl sites for hydroxylation is 1. The molecule has 4 aromatic rings. The molecule has 0 unspecified atom stereocenters. The predicted molar refractivity (Wildman–Crippen MR) is 112 cm³/mol. The molecule has 0 atom stereocenters. The molecule has 0 aliphatic heterocycles. The second-order valence-corrected chi connectivity index (χ2v) is 7.55. The van der Waals surface area contributed by atoms with E-state index in [1.165, 1.54) is 11.1 Å². The fourth-order valence-electron chi connectivity index (χ4n) is 2.84. The highest BCUT2D eigenvalue weighted by Gasteiger charge is 2.12. The number of hydrogen-bond acceptors (Lipinski definition) is 6. The summed E-state index contributed by atoms with van der Waals surface area (Å²) in [6, 6.07) is 9.86. The maximum absolute atomic E-state index is 5.35. The molecule has 4 aromatic heterocycles. The van der Waals surface area contributed by atoms with Crippen molar-refractivity contribution in [2.24, 2.45) is 0 Å². The maximum atomic E-state index is 5.35. The van der Waals surface area contributed by atoms with Gasteiger partial charge in [0.15, 0.2) is 5.13 Å². The lowest BCUT2D eigenvalue weighted by molar-refractivity contribution is 0.556. The number of hydrogen-bond donors (Lipinski definition) is 1. The van der Waals surface area contributed by atoms with Crippen LogP contribution in [0.3, 0.4) is 0 Å². The maximum Gasteiger partial charge on any atom is 0.183 e. The molecule has 0 fully saturated rings. The van der Waals surface area contributed by atoms with Crippen LogP contribution >= 0.6 is 11.3 Å². The third-order valence-corrected chi connectivity index (χ3v) is 5.35. The van der Waals surface area contributed by atoms with Gasteiger partial charge in [-0.05, 0) is 55.8 Å². The minimum atomic E-state index is 0.712. The van der Waals surface area contributed by atoms with E-state index in [9.17, 15) is 0 Å². The van der Waals surface area contributed by atoms with Crippen LogP contribution in [0.15, 0.2) is 65.2 Å². The molecule has 0 spiro atoms. The predicted octanol–water partition coefficient (Wildman–Crippen LogP) is 4.87. The molecule has 7 heteroatoms. The molecule has 6 nitrogen and oxygen atoms in total. The van der Waals surface area contributed by atoms with Crippen LogP contribution in [-0.2, 0) is 6.54 Å². The Morgan fingerprint density at radius 1 is 1.25 bits per heavy atom. The van der Waals surface area contributed by atoms with Gasteiger partial charge in [-0.15, -0.1) is 0 Å². The standard InChI is InChI=1S/C21H21N5OS/c1-15(12-18-4-3-11-27-18)13-23-21-24-16(2)20(28-21)19-7-10-26(25-19)14-17-5-8-22-9-6-17/h3-12H,13-14H2,1-2H3,(H,23,24)/b15-12+. The highest BCUT2D eigenvalue weighted by atomic mass is 32.1. The fourth-order valence-corrected chi connectivity index (χ4v) is 3.77. The Hall–Kier alpha value is -3.19. The average Bonchev–Trinajstić information content (AvgIpc) is 3.43. The smallest absolute Gasteiger partial charge is 0.183 e. The molecular weight excluding hydrogens is 370 g/mol. The Morgan fingerprint density at radius 2 is 2.11 bits per heavy atom. The molecule has 0 aliphatic carbocycles. The van der Waals surface area contributed by atoms with E-state index in [1.807, 2.05) is 54.2 Å². The number of pyridine rings is 1. The van der Waals surface area contributed by atoms with Crippen molar-refractivity contribution in [3.63, 3.8) is 0 Å². The number of anilines is 1. The van der Waals surface area contributed by atoms with Crippen molar-refractivity contribution in [2.45, 2.75) is 20.4 Å². The summed E-state index contributed by atoms with van der Waals surface area (Å²) in [4.78, 5) is 9.79. The first-order chi connectivity index (χ1) is 13.7. The van der Waals surface area contributed by atoms with Crippen LogP contribution in [0.1, 0.15) is 23.9 Å². The van der Waals surface area contributed by atoms with Gasteiger partial charge in [0, 0.05) is 25.1 Å². The van der Waals surface area contributed by atoms with Crippen molar-refractivity contribution in [2.75, 3.05) is 11.9 Å². The molecule has 4 heterocycles. The van der Waals surface area contributed by atoms with Crippen molar-refractivity contribution in [3.8, 4) is 10.6 Å². The summed E-state index contributed by atoms with van der Waals surface area (Å²) in [5.74, 6) is 0.857. The van der Waals surface area contributed by atoms with Crippen LogP contribution in [0.4, 0.5) is 5.13 Å². The Kier molecular flexibility index (Phi) is 5.34. The van der Waals surface area contributed by atoms with Gasteiger partial charge in [-0.1, -0.05) is 16.9 Å². The van der Waals surface area contributed by atoms with Crippen LogP contribution in [0, 0.1) is 6.92 Å². The van der Waals surface area contributed by atoms with Crippen molar-refractivity contribution in [1.29, 1.82) is 0 Å². The van der Waals surface area contributed by atoms with Crippen molar-refractivity contribution in [1.82, 2.24) is 19.7 Å². The van der Waals surface area contributed by atoms with E-state index in [1.54, 1.807) is 30.0 Å². The molecule has 0 aliphatic rings. The number of rotatable bonds is 7. The zero-order valence-corrected chi connectivity index (χ0v) is 16.6. The molecule has 0 bridgehead atoms. The Labute approximate surface area is 167 Å². The van der Waals surface area contributed by atoms with E-state index in [4.69, 9.17) is 9.52 Å². The number of nitrogens with one attached hydrogen (secondary N) is 1. The summed E-state index contributed by atoms with van der Waals surface area (Å²) >= 11 is 1.62. The third-order valence-electron chi connectivity index (χ3n) is 4.21. The van der Waals surface area contributed by atoms with Gasteiger partial charge in [-0.25, -0.2) is 4.98 Å². The van der Waals surface area contributed by atoms with Gasteiger partial charge < -0.3 is 9.73 Å². The van der Waals surface area contributed by atoms with Crippen molar-refractivity contribution < 1.29 is 4.42 Å². The lowest BCUT2D eigenvalue weighted by Crippen LogP contribution is -2.02. The number of aromatic nitrogens is 4. The lowest BCUT2D eigenvalue weighted by atomic mass is 10.2. The van der Waals surface area contributed by atoms with E-state index >= 15 is 0 Å². The molecule has 1 N–H and O–H groups in total. The summed E-state index contributed by atoms with van der Waals surface area (Å²) < 4.78 is 7.29. The van der Waals surface area contributed by atoms with Crippen LogP contribution in [0.25, 0.3) is 16.6 Å². The molecular formula is C21H21N5OS. The summed E-state index contributed by atoms with van der Waals surface area (Å²) in [7, 11) is 0. The van der Waals surface area contributed by atoms with E-state index in [0.29, 0.717) is 6.54 Å². The molecule has 0 radical (unpaired) electrons. The molecule has 0 aromatic carbocycles. The van der Waals surface area contributed by atoms with Crippen LogP contribution in [0.2, 0.25) is 0 Å². The SMILES string of the molecule is C/C(=C\c1ccco1)CNc1nc(C)c(-c2ccn(Cc3ccncc3)n2)s1. The molecule has 0 saturated heterocycles. The van der Waals surface area contributed by atoms with Gasteiger partial charge in [0.05, 0.1) is 23.4 Å². The third kappa shape index (κ3) is 4.37. The zero-order valence-electron chi connectivity index (χ0n) is 15.8. The average molecular weight is 392 g/mol. The normalized spacial score (nSPS) is 11.7. The Bertz CT molecular complexity index is 1060. The largest absolute Gasteiger partial charge is 0.465 e. The van der Waals surface area contributed by atoms with Crippen LogP contribution < -0.4 is 5.32 Å². The lowest BCUT2D eigenvalue weighted by Gasteiger charge is -2.02. The second-order valence-electron chi connectivity index (χ2n) is 6.55. The van der Waals surface area contributed by atoms with Gasteiger partial charge in [0.1, 0.15) is 11.5 Å². The number of thiazole rings is 1. The first-order valence-corrected chi connectivity index (χ1v) is 9.84. The summed E-state index contributed by atoms with van der Waals surface area (Å²) in [5.41, 5.74) is 4.27. The highest BCUT2D eigenvalue weighted by Crippen LogP contribution is 2.31. The van der Waals surface area contributed by atoms with E-state index in [0.717, 1.165) is 33.7 Å². The van der Waals surface area contributed by atoms with Crippen LogP contribution in [0.5, 0.6) is 0 Å². The fraction of sp³-hybridized carbons (Fsp3) is 0.190. The minimum Gasteiger partial charge on any atom is -0.465 e. The highest BCUT2D eigenvalue weighted by molar-refractivity contribution is 7.19. The Morgan fingerprint density at radius 3 is 2.89 bits per heavy atom. The summed E-state index contributed by atoms with van der Waals surface area (Å²) in [5, 5.41) is 8.99. The zero-order chi connectivity index (χ0) is 19.3. The first kappa shape index (κ1) is 18.2. The molecule has 28 heavy (non-hydrogen) atoms. The molecule has 4 rings (SSSR count). The van der Waals surface area contributed by atoms with Crippen LogP contribution in [-0.4, -0.2) is 26.3 Å². The van der Waals surface area contributed by atoms with Gasteiger partial charge in [-0.3, -0.25) is 9.67 Å². The number of furan rings is 1. The second kappa shape index (κ2) is 8.22. The quantitative estimate of drug-likeness (QED) is 0.487. The topological polar surface area (TPSA) is 68.8 Å². The van der Waals surface area contributed by atoms with Gasteiger partial charge in [0.2, 0.25) is 0 Å². The van der Waals surface area contributed by atoms with Gasteiger partial charge in [0.25, 0.3) is 0 Å². The monoisotopic (exact) mass is 391 g/mol. The summed E-state index contributed by atoms with van der Waals surface area (Å²) in [6.07, 6.45) is 9.30. The molecule has 0 saturated carbocycles. The van der Waals surface area contributed by atoms with E-state index < -0.39 is 0 Å². The van der Waals surface area contributed by atoms with E-state index in [2.05, 4.69) is 22.2 Å². The Balaban J connectivity index is 1.43. The van der Waals surface area contributed by atoms with E-state index in [-0.39, 0.29) is 0 Å². The van der Waals surface area contributed by atoms with Crippen molar-refractivity contribution >= 4 is 22.5 Å². The molecule has 0 amide bonds.